The first kappa shape index (κ1) is 11.3. The Balaban J connectivity index is 2.20. The molecular formula is C13H20N2O. The van der Waals surface area contributed by atoms with Crippen LogP contribution in [0.25, 0.3) is 0 Å². The van der Waals surface area contributed by atoms with Crippen molar-refractivity contribution >= 4 is 11.4 Å². The molecule has 1 heterocycles. The minimum absolute atomic E-state index is 0.341. The third-order valence-corrected chi connectivity index (χ3v) is 3.24. The molecule has 2 N–H and O–H groups in total. The molecule has 3 nitrogen and oxygen atoms in total. The zero-order chi connectivity index (χ0) is 11.5. The van der Waals surface area contributed by atoms with Crippen LogP contribution in [0.4, 0.5) is 11.4 Å². The van der Waals surface area contributed by atoms with E-state index in [1.807, 2.05) is 0 Å². The Morgan fingerprint density at radius 3 is 3.06 bits per heavy atom. The Hall–Kier alpha value is -1.22. The Kier molecular flexibility index (Phi) is 3.34. The van der Waals surface area contributed by atoms with Crippen molar-refractivity contribution in [3.8, 4) is 0 Å². The summed E-state index contributed by atoms with van der Waals surface area (Å²) in [6, 6.07) is 6.22. The summed E-state index contributed by atoms with van der Waals surface area (Å²) in [5.74, 6) is 0. The monoisotopic (exact) mass is 220 g/mol. The first-order chi connectivity index (χ1) is 7.72. The van der Waals surface area contributed by atoms with E-state index in [2.05, 4.69) is 36.9 Å². The van der Waals surface area contributed by atoms with Gasteiger partial charge in [0.15, 0.2) is 0 Å². The van der Waals surface area contributed by atoms with Crippen molar-refractivity contribution in [2.75, 3.05) is 30.3 Å². The van der Waals surface area contributed by atoms with Gasteiger partial charge >= 0.3 is 0 Å². The summed E-state index contributed by atoms with van der Waals surface area (Å²) in [6.45, 7) is 6.89. The number of nitrogen functional groups attached to an aromatic ring is 1. The van der Waals surface area contributed by atoms with E-state index in [1.54, 1.807) is 0 Å². The lowest BCUT2D eigenvalue weighted by Crippen LogP contribution is -2.42. The highest BCUT2D eigenvalue weighted by atomic mass is 16.5. The van der Waals surface area contributed by atoms with Gasteiger partial charge in [-0.15, -0.1) is 0 Å². The van der Waals surface area contributed by atoms with Crippen LogP contribution in [0.5, 0.6) is 0 Å². The van der Waals surface area contributed by atoms with Crippen molar-refractivity contribution in [1.29, 1.82) is 0 Å². The SMILES string of the molecule is CCC1CN(c2cccc(C)c2N)CCO1. The maximum Gasteiger partial charge on any atom is 0.0748 e. The number of ether oxygens (including phenoxy) is 1. The Morgan fingerprint density at radius 1 is 1.50 bits per heavy atom. The number of nitrogens with two attached hydrogens (primary N) is 1. The molecule has 0 spiro atoms. The second kappa shape index (κ2) is 4.74. The van der Waals surface area contributed by atoms with E-state index in [-0.39, 0.29) is 0 Å². The number of aryl methyl sites for hydroxylation is 1. The van der Waals surface area contributed by atoms with Crippen molar-refractivity contribution in [3.05, 3.63) is 23.8 Å². The number of benzene rings is 1. The normalized spacial score (nSPS) is 21.1. The summed E-state index contributed by atoms with van der Waals surface area (Å²) in [5, 5.41) is 0. The molecular weight excluding hydrogens is 200 g/mol. The van der Waals surface area contributed by atoms with Crippen LogP contribution in [-0.2, 0) is 4.74 Å². The van der Waals surface area contributed by atoms with Gasteiger partial charge in [-0.3, -0.25) is 0 Å². The molecule has 0 saturated carbocycles. The third kappa shape index (κ3) is 2.14. The highest BCUT2D eigenvalue weighted by Gasteiger charge is 2.20. The molecule has 1 aromatic rings. The van der Waals surface area contributed by atoms with E-state index in [0.717, 1.165) is 43.1 Å². The van der Waals surface area contributed by atoms with Crippen molar-refractivity contribution in [2.45, 2.75) is 26.4 Å². The number of hydrogen-bond donors (Lipinski definition) is 1. The summed E-state index contributed by atoms with van der Waals surface area (Å²) in [6.07, 6.45) is 1.40. The lowest BCUT2D eigenvalue weighted by atomic mass is 10.1. The van der Waals surface area contributed by atoms with Gasteiger partial charge in [0, 0.05) is 13.1 Å². The summed E-state index contributed by atoms with van der Waals surface area (Å²) < 4.78 is 5.67. The van der Waals surface area contributed by atoms with E-state index < -0.39 is 0 Å². The van der Waals surface area contributed by atoms with Crippen LogP contribution in [-0.4, -0.2) is 25.8 Å². The molecule has 3 heteroatoms. The smallest absolute Gasteiger partial charge is 0.0748 e. The van der Waals surface area contributed by atoms with Crippen LogP contribution < -0.4 is 10.6 Å². The highest BCUT2D eigenvalue weighted by Crippen LogP contribution is 2.27. The van der Waals surface area contributed by atoms with Crippen LogP contribution in [0, 0.1) is 6.92 Å². The van der Waals surface area contributed by atoms with Gasteiger partial charge < -0.3 is 15.4 Å². The van der Waals surface area contributed by atoms with E-state index >= 15 is 0 Å². The topological polar surface area (TPSA) is 38.5 Å². The van der Waals surface area contributed by atoms with Gasteiger partial charge in [-0.25, -0.2) is 0 Å². The largest absolute Gasteiger partial charge is 0.397 e. The minimum atomic E-state index is 0.341. The first-order valence-corrected chi connectivity index (χ1v) is 5.94. The van der Waals surface area contributed by atoms with Gasteiger partial charge in [0.1, 0.15) is 0 Å². The lowest BCUT2D eigenvalue weighted by molar-refractivity contribution is 0.0385. The molecule has 16 heavy (non-hydrogen) atoms. The number of hydrogen-bond acceptors (Lipinski definition) is 3. The molecule has 0 aliphatic carbocycles. The Morgan fingerprint density at radius 2 is 2.31 bits per heavy atom. The maximum absolute atomic E-state index is 6.12. The predicted octanol–water partition coefficient (Wildman–Crippen LogP) is 2.19. The molecule has 88 valence electrons. The minimum Gasteiger partial charge on any atom is -0.397 e. The van der Waals surface area contributed by atoms with Crippen LogP contribution >= 0.6 is 0 Å². The van der Waals surface area contributed by atoms with Crippen LogP contribution in [0.2, 0.25) is 0 Å². The number of nitrogens with zero attached hydrogens (tertiary/aromatic N) is 1. The summed E-state index contributed by atoms with van der Waals surface area (Å²) >= 11 is 0. The predicted molar refractivity (Wildman–Crippen MR) is 67.8 cm³/mol. The molecule has 1 aliphatic rings. The molecule has 1 aliphatic heterocycles. The van der Waals surface area contributed by atoms with Gasteiger partial charge in [-0.2, -0.15) is 0 Å². The molecule has 1 fully saturated rings. The van der Waals surface area contributed by atoms with Gasteiger partial charge in [-0.1, -0.05) is 19.1 Å². The molecule has 1 atom stereocenters. The number of anilines is 2. The van der Waals surface area contributed by atoms with E-state index in [1.165, 1.54) is 0 Å². The molecule has 0 radical (unpaired) electrons. The molecule has 0 aromatic heterocycles. The molecule has 0 amide bonds. The Labute approximate surface area is 97.2 Å². The van der Waals surface area contributed by atoms with Gasteiger partial charge in [0.05, 0.1) is 24.1 Å². The first-order valence-electron chi connectivity index (χ1n) is 5.94. The number of para-hydroxylation sites is 1. The zero-order valence-electron chi connectivity index (χ0n) is 10.1. The van der Waals surface area contributed by atoms with Gasteiger partial charge in [-0.05, 0) is 25.0 Å². The van der Waals surface area contributed by atoms with E-state index in [0.29, 0.717) is 6.10 Å². The summed E-state index contributed by atoms with van der Waals surface area (Å²) in [4.78, 5) is 2.33. The molecule has 1 aromatic carbocycles. The standard InChI is InChI=1S/C13H20N2O/c1-3-11-9-15(7-8-16-11)12-6-4-5-10(2)13(12)14/h4-6,11H,3,7-9,14H2,1-2H3. The van der Waals surface area contributed by atoms with E-state index in [9.17, 15) is 0 Å². The van der Waals surface area contributed by atoms with Crippen LogP contribution in [0.3, 0.4) is 0 Å². The van der Waals surface area contributed by atoms with Crippen LogP contribution in [0.1, 0.15) is 18.9 Å². The number of rotatable bonds is 2. The molecule has 2 rings (SSSR count). The van der Waals surface area contributed by atoms with Crippen molar-refractivity contribution in [1.82, 2.24) is 0 Å². The van der Waals surface area contributed by atoms with Crippen molar-refractivity contribution in [2.24, 2.45) is 0 Å². The third-order valence-electron chi connectivity index (χ3n) is 3.24. The second-order valence-electron chi connectivity index (χ2n) is 4.35. The summed E-state index contributed by atoms with van der Waals surface area (Å²) in [5.41, 5.74) is 9.32. The molecule has 0 bridgehead atoms. The maximum atomic E-state index is 6.12. The van der Waals surface area contributed by atoms with Gasteiger partial charge in [0.25, 0.3) is 0 Å². The highest BCUT2D eigenvalue weighted by molar-refractivity contribution is 5.71. The van der Waals surface area contributed by atoms with Crippen molar-refractivity contribution in [3.63, 3.8) is 0 Å². The van der Waals surface area contributed by atoms with Crippen molar-refractivity contribution < 1.29 is 4.74 Å². The fraction of sp³-hybridized carbons (Fsp3) is 0.538. The average Bonchev–Trinajstić information content (AvgIpc) is 2.33. The fourth-order valence-corrected chi connectivity index (χ4v) is 2.13. The quantitative estimate of drug-likeness (QED) is 0.776. The average molecular weight is 220 g/mol. The Bertz CT molecular complexity index is 365. The van der Waals surface area contributed by atoms with E-state index in [4.69, 9.17) is 10.5 Å². The zero-order valence-corrected chi connectivity index (χ0v) is 10.1. The number of morpholine rings is 1. The van der Waals surface area contributed by atoms with Crippen LogP contribution in [0.15, 0.2) is 18.2 Å². The second-order valence-corrected chi connectivity index (χ2v) is 4.35. The fourth-order valence-electron chi connectivity index (χ4n) is 2.13. The van der Waals surface area contributed by atoms with Gasteiger partial charge in [0.2, 0.25) is 0 Å². The molecule has 1 saturated heterocycles. The lowest BCUT2D eigenvalue weighted by Gasteiger charge is -2.35. The molecule has 1 unspecified atom stereocenters. The summed E-state index contributed by atoms with van der Waals surface area (Å²) in [7, 11) is 0.